The molecule has 0 aromatic carbocycles. The van der Waals surface area contributed by atoms with Gasteiger partial charge in [-0.25, -0.2) is 0 Å². The first kappa shape index (κ1) is 16.5. The summed E-state index contributed by atoms with van der Waals surface area (Å²) in [6.45, 7) is 11.7. The van der Waals surface area contributed by atoms with Gasteiger partial charge in [0.2, 0.25) is 11.9 Å². The van der Waals surface area contributed by atoms with Crippen LogP contribution in [-0.2, 0) is 0 Å². The van der Waals surface area contributed by atoms with Crippen molar-refractivity contribution < 1.29 is 4.74 Å². The molecule has 1 aromatic rings. The van der Waals surface area contributed by atoms with E-state index >= 15 is 0 Å². The molecule has 20 heavy (non-hydrogen) atoms. The van der Waals surface area contributed by atoms with Crippen LogP contribution < -0.4 is 15.0 Å². The predicted molar refractivity (Wildman–Crippen MR) is 82.6 cm³/mol. The summed E-state index contributed by atoms with van der Waals surface area (Å²) >= 11 is 0. The summed E-state index contributed by atoms with van der Waals surface area (Å²) in [5.74, 6) is 1.28. The maximum absolute atomic E-state index is 5.56. The molecule has 1 heterocycles. The molecule has 0 saturated carbocycles. The van der Waals surface area contributed by atoms with E-state index in [9.17, 15) is 0 Å². The average molecular weight is 281 g/mol. The molecule has 1 N–H and O–H groups in total. The Bertz CT molecular complexity index is 360. The highest BCUT2D eigenvalue weighted by molar-refractivity contribution is 5.38. The maximum Gasteiger partial charge on any atom is 0.323 e. The zero-order valence-corrected chi connectivity index (χ0v) is 13.1. The highest BCUT2D eigenvalue weighted by Crippen LogP contribution is 2.15. The number of rotatable bonds is 10. The molecule has 0 spiro atoms. The van der Waals surface area contributed by atoms with E-state index in [1.54, 1.807) is 0 Å². The molecular weight excluding hydrogens is 254 g/mol. The van der Waals surface area contributed by atoms with Crippen molar-refractivity contribution in [3.8, 4) is 6.01 Å². The minimum Gasteiger partial charge on any atom is -0.463 e. The molecule has 1 rings (SSSR count). The molecule has 0 radical (unpaired) electrons. The number of nitrogens with one attached hydrogen (secondary N) is 1. The molecule has 6 nitrogen and oxygen atoms in total. The van der Waals surface area contributed by atoms with Crippen LogP contribution in [0.5, 0.6) is 6.01 Å². The van der Waals surface area contributed by atoms with Crippen LogP contribution in [0.2, 0.25) is 0 Å². The number of ether oxygens (including phenoxy) is 1. The van der Waals surface area contributed by atoms with Gasteiger partial charge in [-0.05, 0) is 26.2 Å². The van der Waals surface area contributed by atoms with Gasteiger partial charge in [0.15, 0.2) is 0 Å². The molecule has 0 fully saturated rings. The Hall–Kier alpha value is -1.59. The monoisotopic (exact) mass is 281 g/mol. The molecule has 0 amide bonds. The SMILES string of the molecule is CCCNc1nc(OCCC)nc(N(CC)CCC)n1. The summed E-state index contributed by atoms with van der Waals surface area (Å²) < 4.78 is 5.56. The van der Waals surface area contributed by atoms with Gasteiger partial charge in [0.05, 0.1) is 6.61 Å². The zero-order valence-electron chi connectivity index (χ0n) is 13.1. The fourth-order valence-electron chi connectivity index (χ4n) is 1.73. The van der Waals surface area contributed by atoms with Crippen molar-refractivity contribution in [3.63, 3.8) is 0 Å². The van der Waals surface area contributed by atoms with Crippen LogP contribution in [0.15, 0.2) is 0 Å². The molecule has 6 heteroatoms. The minimum absolute atomic E-state index is 0.407. The predicted octanol–water partition coefficient (Wildman–Crippen LogP) is 2.72. The Kier molecular flexibility index (Phi) is 7.69. The van der Waals surface area contributed by atoms with Gasteiger partial charge in [0, 0.05) is 19.6 Å². The summed E-state index contributed by atoms with van der Waals surface area (Å²) in [5.41, 5.74) is 0. The van der Waals surface area contributed by atoms with Gasteiger partial charge in [-0.1, -0.05) is 20.8 Å². The van der Waals surface area contributed by atoms with E-state index in [-0.39, 0.29) is 0 Å². The molecule has 0 atom stereocenters. The number of anilines is 2. The first-order valence-electron chi connectivity index (χ1n) is 7.62. The topological polar surface area (TPSA) is 63.2 Å². The van der Waals surface area contributed by atoms with Gasteiger partial charge >= 0.3 is 6.01 Å². The number of nitrogens with zero attached hydrogens (tertiary/aromatic N) is 4. The number of aromatic nitrogens is 3. The second kappa shape index (κ2) is 9.34. The van der Waals surface area contributed by atoms with Crippen molar-refractivity contribution in [1.29, 1.82) is 0 Å². The Morgan fingerprint density at radius 3 is 2.40 bits per heavy atom. The van der Waals surface area contributed by atoms with E-state index < -0.39 is 0 Å². The average Bonchev–Trinajstić information content (AvgIpc) is 2.48. The lowest BCUT2D eigenvalue weighted by Crippen LogP contribution is -2.26. The molecule has 0 unspecified atom stereocenters. The van der Waals surface area contributed by atoms with Crippen LogP contribution in [-0.4, -0.2) is 41.2 Å². The molecule has 0 aliphatic rings. The smallest absolute Gasteiger partial charge is 0.323 e. The lowest BCUT2D eigenvalue weighted by atomic mass is 10.4. The first-order valence-corrected chi connectivity index (χ1v) is 7.62. The van der Waals surface area contributed by atoms with E-state index in [1.165, 1.54) is 0 Å². The summed E-state index contributed by atoms with van der Waals surface area (Å²) in [4.78, 5) is 15.3. The van der Waals surface area contributed by atoms with Crippen molar-refractivity contribution in [2.75, 3.05) is 36.5 Å². The van der Waals surface area contributed by atoms with Crippen molar-refractivity contribution in [2.24, 2.45) is 0 Å². The quantitative estimate of drug-likeness (QED) is 0.711. The summed E-state index contributed by atoms with van der Waals surface area (Å²) in [6.07, 6.45) is 3.02. The van der Waals surface area contributed by atoms with E-state index in [1.807, 2.05) is 0 Å². The summed E-state index contributed by atoms with van der Waals surface area (Å²) in [7, 11) is 0. The standard InChI is InChI=1S/C14H27N5O/c1-5-9-15-12-16-13(19(8-4)10-6-2)18-14(17-12)20-11-7-3/h5-11H2,1-4H3,(H,15,16,17,18). The van der Waals surface area contributed by atoms with Crippen LogP contribution in [0.3, 0.4) is 0 Å². The van der Waals surface area contributed by atoms with Crippen LogP contribution >= 0.6 is 0 Å². The van der Waals surface area contributed by atoms with Crippen molar-refractivity contribution in [3.05, 3.63) is 0 Å². The number of hydrogen-bond acceptors (Lipinski definition) is 6. The fourth-order valence-corrected chi connectivity index (χ4v) is 1.73. The van der Waals surface area contributed by atoms with E-state index in [2.05, 4.69) is 52.9 Å². The summed E-state index contributed by atoms with van der Waals surface area (Å²) in [5, 5.41) is 3.20. The second-order valence-electron chi connectivity index (χ2n) is 4.60. The molecule has 0 saturated heterocycles. The number of hydrogen-bond donors (Lipinski definition) is 1. The molecule has 1 aromatic heterocycles. The van der Waals surface area contributed by atoms with Crippen LogP contribution in [0.4, 0.5) is 11.9 Å². The Labute approximate surface area is 122 Å². The van der Waals surface area contributed by atoms with Gasteiger partial charge in [-0.2, -0.15) is 15.0 Å². The molecule has 0 bridgehead atoms. The lowest BCUT2D eigenvalue weighted by molar-refractivity contribution is 0.292. The van der Waals surface area contributed by atoms with Gasteiger partial charge in [-0.15, -0.1) is 0 Å². The van der Waals surface area contributed by atoms with Crippen molar-refractivity contribution in [1.82, 2.24) is 15.0 Å². The van der Waals surface area contributed by atoms with E-state index in [0.29, 0.717) is 24.5 Å². The maximum atomic E-state index is 5.56. The van der Waals surface area contributed by atoms with Crippen molar-refractivity contribution in [2.45, 2.75) is 47.0 Å². The highest BCUT2D eigenvalue weighted by atomic mass is 16.5. The molecule has 0 aliphatic carbocycles. The van der Waals surface area contributed by atoms with Crippen LogP contribution in [0, 0.1) is 0 Å². The lowest BCUT2D eigenvalue weighted by Gasteiger charge is -2.20. The third kappa shape index (κ3) is 5.19. The fraction of sp³-hybridized carbons (Fsp3) is 0.786. The van der Waals surface area contributed by atoms with E-state index in [4.69, 9.17) is 4.74 Å². The largest absolute Gasteiger partial charge is 0.463 e. The van der Waals surface area contributed by atoms with Gasteiger partial charge in [0.25, 0.3) is 0 Å². The molecule has 114 valence electrons. The normalized spacial score (nSPS) is 10.4. The van der Waals surface area contributed by atoms with Gasteiger partial charge in [-0.3, -0.25) is 0 Å². The Morgan fingerprint density at radius 2 is 1.80 bits per heavy atom. The van der Waals surface area contributed by atoms with Crippen molar-refractivity contribution >= 4 is 11.9 Å². The Morgan fingerprint density at radius 1 is 1.00 bits per heavy atom. The minimum atomic E-state index is 0.407. The van der Waals surface area contributed by atoms with E-state index in [0.717, 1.165) is 38.9 Å². The Balaban J connectivity index is 2.94. The third-order valence-corrected chi connectivity index (χ3v) is 2.73. The highest BCUT2D eigenvalue weighted by Gasteiger charge is 2.12. The first-order chi connectivity index (χ1) is 9.74. The molecule has 0 aliphatic heterocycles. The van der Waals surface area contributed by atoms with Crippen LogP contribution in [0.1, 0.15) is 47.0 Å². The zero-order chi connectivity index (χ0) is 14.8. The summed E-state index contributed by atoms with van der Waals surface area (Å²) in [6, 6.07) is 0.407. The van der Waals surface area contributed by atoms with Crippen LogP contribution in [0.25, 0.3) is 0 Å². The second-order valence-corrected chi connectivity index (χ2v) is 4.60. The van der Waals surface area contributed by atoms with Gasteiger partial charge in [0.1, 0.15) is 0 Å². The molecular formula is C14H27N5O. The third-order valence-electron chi connectivity index (χ3n) is 2.73. The van der Waals surface area contributed by atoms with Gasteiger partial charge < -0.3 is 15.0 Å².